The Bertz CT molecular complexity index is 538. The van der Waals surface area contributed by atoms with Crippen molar-refractivity contribution in [3.8, 4) is 5.75 Å². The van der Waals surface area contributed by atoms with Gasteiger partial charge in [0.2, 0.25) is 5.91 Å². The van der Waals surface area contributed by atoms with Gasteiger partial charge in [0.15, 0.2) is 5.96 Å². The van der Waals surface area contributed by atoms with Gasteiger partial charge in [0.25, 0.3) is 0 Å². The maximum atomic E-state index is 11.2. The molecule has 136 valence electrons. The van der Waals surface area contributed by atoms with Crippen molar-refractivity contribution in [1.29, 1.82) is 0 Å². The molecule has 0 saturated carbocycles. The first kappa shape index (κ1) is 22.4. The van der Waals surface area contributed by atoms with Crippen LogP contribution < -0.4 is 21.1 Å². The van der Waals surface area contributed by atoms with Gasteiger partial charge in [-0.25, -0.2) is 4.99 Å². The third-order valence-electron chi connectivity index (χ3n) is 2.98. The Morgan fingerprint density at radius 1 is 1.38 bits per heavy atom. The molecule has 7 nitrogen and oxygen atoms in total. The van der Waals surface area contributed by atoms with Crippen LogP contribution >= 0.6 is 24.0 Å². The largest absolute Gasteiger partial charge is 0.495 e. The molecule has 1 amide bonds. The molecular formula is C16H27IN4O3. The van der Waals surface area contributed by atoms with E-state index in [-0.39, 0.29) is 29.9 Å². The molecule has 0 aliphatic carbocycles. The summed E-state index contributed by atoms with van der Waals surface area (Å²) in [4.78, 5) is 15.5. The molecule has 0 spiro atoms. The number of anilines is 1. The van der Waals surface area contributed by atoms with Crippen LogP contribution in [0.5, 0.6) is 5.75 Å². The zero-order valence-corrected chi connectivity index (χ0v) is 16.8. The lowest BCUT2D eigenvalue weighted by molar-refractivity contribution is -0.114. The number of carbonyl (C=O) groups is 1. The normalized spacial score (nSPS) is 10.7. The fraction of sp³-hybridized carbons (Fsp3) is 0.500. The summed E-state index contributed by atoms with van der Waals surface area (Å²) >= 11 is 0. The summed E-state index contributed by atoms with van der Waals surface area (Å²) in [6, 6.07) is 5.50. The van der Waals surface area contributed by atoms with Crippen molar-refractivity contribution < 1.29 is 14.3 Å². The third kappa shape index (κ3) is 8.92. The monoisotopic (exact) mass is 450 g/mol. The number of amides is 1. The van der Waals surface area contributed by atoms with Gasteiger partial charge in [0, 0.05) is 26.7 Å². The number of aliphatic imine (C=N–C) groups is 1. The number of hydrogen-bond donors (Lipinski definition) is 3. The Hall–Kier alpha value is -1.55. The van der Waals surface area contributed by atoms with Gasteiger partial charge in [-0.05, 0) is 31.0 Å². The number of nitrogens with one attached hydrogen (secondary N) is 2. The average molecular weight is 450 g/mol. The van der Waals surface area contributed by atoms with Gasteiger partial charge in [-0.2, -0.15) is 0 Å². The highest BCUT2D eigenvalue weighted by Gasteiger charge is 2.06. The highest BCUT2D eigenvalue weighted by molar-refractivity contribution is 14.0. The Balaban J connectivity index is 0.00000529. The van der Waals surface area contributed by atoms with E-state index in [9.17, 15) is 4.79 Å². The minimum absolute atomic E-state index is 0. The van der Waals surface area contributed by atoms with Gasteiger partial charge < -0.3 is 25.8 Å². The molecule has 0 aromatic heterocycles. The summed E-state index contributed by atoms with van der Waals surface area (Å²) in [5.74, 6) is 0.841. The number of hydrogen-bond acceptors (Lipinski definition) is 4. The van der Waals surface area contributed by atoms with Gasteiger partial charge in [-0.3, -0.25) is 4.79 Å². The SMILES string of the molecule is CCOCCCNC(N)=NCc1ccc(OC)c(NC(C)=O)c1.I. The van der Waals surface area contributed by atoms with Crippen LogP contribution in [0.25, 0.3) is 0 Å². The Morgan fingerprint density at radius 2 is 2.12 bits per heavy atom. The van der Waals surface area contributed by atoms with Gasteiger partial charge in [0.05, 0.1) is 19.3 Å². The van der Waals surface area contributed by atoms with Crippen molar-refractivity contribution in [1.82, 2.24) is 5.32 Å². The fourth-order valence-electron chi connectivity index (χ4n) is 1.91. The second kappa shape index (κ2) is 12.8. The van der Waals surface area contributed by atoms with Crippen molar-refractivity contribution in [2.75, 3.05) is 32.2 Å². The molecule has 1 rings (SSSR count). The first-order valence-electron chi connectivity index (χ1n) is 7.62. The standard InChI is InChI=1S/C16H26N4O3.HI/c1-4-23-9-5-8-18-16(17)19-11-13-6-7-15(22-3)14(10-13)20-12(2)21;/h6-7,10H,4-5,8-9,11H2,1-3H3,(H,20,21)(H3,17,18,19);1H. The highest BCUT2D eigenvalue weighted by Crippen LogP contribution is 2.25. The average Bonchev–Trinajstić information content (AvgIpc) is 2.52. The Labute approximate surface area is 160 Å². The molecular weight excluding hydrogens is 423 g/mol. The quantitative estimate of drug-likeness (QED) is 0.232. The summed E-state index contributed by atoms with van der Waals surface area (Å²) in [7, 11) is 1.56. The lowest BCUT2D eigenvalue weighted by Gasteiger charge is -2.10. The molecule has 0 bridgehead atoms. The van der Waals surface area contributed by atoms with E-state index in [0.29, 0.717) is 30.5 Å². The minimum atomic E-state index is -0.153. The van der Waals surface area contributed by atoms with Gasteiger partial charge >= 0.3 is 0 Å². The van der Waals surface area contributed by atoms with Crippen molar-refractivity contribution >= 4 is 41.5 Å². The van der Waals surface area contributed by atoms with E-state index in [2.05, 4.69) is 15.6 Å². The molecule has 0 heterocycles. The number of ether oxygens (including phenoxy) is 2. The van der Waals surface area contributed by atoms with Crippen LogP contribution in [0, 0.1) is 0 Å². The van der Waals surface area contributed by atoms with Gasteiger partial charge in [-0.15, -0.1) is 24.0 Å². The predicted octanol–water partition coefficient (Wildman–Crippen LogP) is 2.10. The van der Waals surface area contributed by atoms with E-state index in [1.54, 1.807) is 13.2 Å². The molecule has 1 aromatic rings. The molecule has 24 heavy (non-hydrogen) atoms. The number of halogens is 1. The lowest BCUT2D eigenvalue weighted by atomic mass is 10.2. The first-order valence-corrected chi connectivity index (χ1v) is 7.62. The molecule has 0 unspecified atom stereocenters. The molecule has 8 heteroatoms. The molecule has 0 radical (unpaired) electrons. The molecule has 1 aromatic carbocycles. The van der Waals surface area contributed by atoms with Crippen molar-refractivity contribution in [2.24, 2.45) is 10.7 Å². The smallest absolute Gasteiger partial charge is 0.221 e. The van der Waals surface area contributed by atoms with Crippen LogP contribution in [0.2, 0.25) is 0 Å². The molecule has 0 atom stereocenters. The van der Waals surface area contributed by atoms with Crippen molar-refractivity contribution in [2.45, 2.75) is 26.8 Å². The minimum Gasteiger partial charge on any atom is -0.495 e. The fourth-order valence-corrected chi connectivity index (χ4v) is 1.91. The van der Waals surface area contributed by atoms with Crippen molar-refractivity contribution in [3.05, 3.63) is 23.8 Å². The molecule has 0 aliphatic rings. The Morgan fingerprint density at radius 3 is 2.75 bits per heavy atom. The molecule has 0 saturated heterocycles. The number of nitrogens with zero attached hydrogens (tertiary/aromatic N) is 1. The maximum Gasteiger partial charge on any atom is 0.221 e. The van der Waals surface area contributed by atoms with E-state index in [1.165, 1.54) is 6.92 Å². The molecule has 0 aliphatic heterocycles. The topological polar surface area (TPSA) is 98.0 Å². The first-order chi connectivity index (χ1) is 11.1. The molecule has 4 N–H and O–H groups in total. The van der Waals surface area contributed by atoms with Crippen LogP contribution in [0.15, 0.2) is 23.2 Å². The number of nitrogens with two attached hydrogens (primary N) is 1. The second-order valence-corrected chi connectivity index (χ2v) is 4.89. The van der Waals surface area contributed by atoms with Crippen LogP contribution in [0.4, 0.5) is 5.69 Å². The van der Waals surface area contributed by atoms with Crippen molar-refractivity contribution in [3.63, 3.8) is 0 Å². The number of methoxy groups -OCH3 is 1. The van der Waals surface area contributed by atoms with Crippen LogP contribution in [0.1, 0.15) is 25.8 Å². The van der Waals surface area contributed by atoms with E-state index in [4.69, 9.17) is 15.2 Å². The van der Waals surface area contributed by atoms with Gasteiger partial charge in [-0.1, -0.05) is 6.07 Å². The van der Waals surface area contributed by atoms with Crippen LogP contribution in [-0.2, 0) is 16.1 Å². The lowest BCUT2D eigenvalue weighted by Crippen LogP contribution is -2.32. The number of carbonyl (C=O) groups excluding carboxylic acids is 1. The summed E-state index contributed by atoms with van der Waals surface area (Å²) < 4.78 is 10.5. The predicted molar refractivity (Wildman–Crippen MR) is 107 cm³/mol. The van der Waals surface area contributed by atoms with Gasteiger partial charge in [0.1, 0.15) is 5.75 Å². The van der Waals surface area contributed by atoms with Crippen LogP contribution in [-0.4, -0.2) is 38.7 Å². The zero-order valence-electron chi connectivity index (χ0n) is 14.4. The molecule has 0 fully saturated rings. The van der Waals surface area contributed by atoms with E-state index in [0.717, 1.165) is 25.1 Å². The third-order valence-corrected chi connectivity index (χ3v) is 2.98. The summed E-state index contributed by atoms with van der Waals surface area (Å²) in [5.41, 5.74) is 7.36. The van der Waals surface area contributed by atoms with E-state index >= 15 is 0 Å². The number of benzene rings is 1. The van der Waals surface area contributed by atoms with E-state index < -0.39 is 0 Å². The van der Waals surface area contributed by atoms with E-state index in [1.807, 2.05) is 19.1 Å². The highest BCUT2D eigenvalue weighted by atomic mass is 127. The van der Waals surface area contributed by atoms with Crippen LogP contribution in [0.3, 0.4) is 0 Å². The summed E-state index contributed by atoms with van der Waals surface area (Å²) in [6.07, 6.45) is 0.874. The number of guanidine groups is 1. The summed E-state index contributed by atoms with van der Waals surface area (Å²) in [5, 5.41) is 5.77. The second-order valence-electron chi connectivity index (χ2n) is 4.89. The summed E-state index contributed by atoms with van der Waals surface area (Å²) in [6.45, 7) is 5.98. The zero-order chi connectivity index (χ0) is 17.1. The number of rotatable bonds is 9. The Kier molecular flexibility index (Phi) is 12.0. The maximum absolute atomic E-state index is 11.2.